The van der Waals surface area contributed by atoms with Crippen LogP contribution >= 0.6 is 23.4 Å². The summed E-state index contributed by atoms with van der Waals surface area (Å²) in [6, 6.07) is 22.8. The molecule has 37 heavy (non-hydrogen) atoms. The molecule has 0 radical (unpaired) electrons. The fourth-order valence-corrected chi connectivity index (χ4v) is 5.00. The van der Waals surface area contributed by atoms with Gasteiger partial charge < -0.3 is 14.8 Å². The van der Waals surface area contributed by atoms with Crippen molar-refractivity contribution in [2.24, 2.45) is 0 Å². The van der Waals surface area contributed by atoms with Crippen LogP contribution in [-0.4, -0.2) is 41.0 Å². The first-order chi connectivity index (χ1) is 18.0. The van der Waals surface area contributed by atoms with E-state index in [1.807, 2.05) is 91.2 Å². The second-order valence-electron chi connectivity index (χ2n) is 8.26. The van der Waals surface area contributed by atoms with Crippen molar-refractivity contribution in [2.45, 2.75) is 30.8 Å². The highest BCUT2D eigenvalue weighted by Crippen LogP contribution is 2.38. The number of nitrogens with zero attached hydrogens (tertiary/aromatic N) is 3. The number of carbonyl (C=O) groups excluding carboxylic acids is 1. The second kappa shape index (κ2) is 12.8. The quantitative estimate of drug-likeness (QED) is 0.176. The third-order valence-corrected chi connectivity index (χ3v) is 7.15. The lowest BCUT2D eigenvalue weighted by molar-refractivity contribution is -0.115. The molecule has 0 aliphatic rings. The lowest BCUT2D eigenvalue weighted by Crippen LogP contribution is -2.20. The smallest absolute Gasteiger partial charge is 0.242 e. The third-order valence-electron chi connectivity index (χ3n) is 5.66. The van der Waals surface area contributed by atoms with Crippen LogP contribution in [0.5, 0.6) is 5.75 Å². The summed E-state index contributed by atoms with van der Waals surface area (Å²) in [7, 11) is 1.59. The summed E-state index contributed by atoms with van der Waals surface area (Å²) in [4.78, 5) is 13.7. The van der Waals surface area contributed by atoms with Crippen molar-refractivity contribution in [3.8, 4) is 17.1 Å². The predicted octanol–water partition coefficient (Wildman–Crippen LogP) is 6.42. The van der Waals surface area contributed by atoms with Gasteiger partial charge in [0.2, 0.25) is 5.91 Å². The minimum absolute atomic E-state index is 0.187. The van der Waals surface area contributed by atoms with Gasteiger partial charge in [-0.25, -0.2) is 0 Å². The van der Waals surface area contributed by atoms with Gasteiger partial charge in [0.25, 0.3) is 0 Å². The van der Waals surface area contributed by atoms with Gasteiger partial charge in [0, 0.05) is 17.2 Å². The fraction of sp³-hybridized carbons (Fsp3) is 0.250. The molecule has 1 aromatic heterocycles. The van der Waals surface area contributed by atoms with Crippen LogP contribution in [0.3, 0.4) is 0 Å². The molecule has 3 aromatic carbocycles. The highest BCUT2D eigenvalue weighted by Gasteiger charge is 2.27. The molecule has 1 atom stereocenters. The Kier molecular flexibility index (Phi) is 9.22. The molecule has 7 nitrogen and oxygen atoms in total. The van der Waals surface area contributed by atoms with Crippen molar-refractivity contribution in [2.75, 3.05) is 25.6 Å². The van der Waals surface area contributed by atoms with Crippen molar-refractivity contribution < 1.29 is 14.3 Å². The summed E-state index contributed by atoms with van der Waals surface area (Å²) in [5.41, 5.74) is 3.37. The lowest BCUT2D eigenvalue weighted by Gasteiger charge is -2.19. The van der Waals surface area contributed by atoms with Gasteiger partial charge in [0.15, 0.2) is 11.0 Å². The molecule has 0 unspecified atom stereocenters. The summed E-state index contributed by atoms with van der Waals surface area (Å²) >= 11 is 7.44. The number of amides is 1. The van der Waals surface area contributed by atoms with E-state index in [-0.39, 0.29) is 5.91 Å². The molecule has 192 valence electrons. The molecule has 0 aliphatic carbocycles. The Bertz CT molecular complexity index is 1330. The van der Waals surface area contributed by atoms with Crippen LogP contribution in [0.4, 0.5) is 5.69 Å². The normalized spacial score (nSPS) is 11.8. The first-order valence-electron chi connectivity index (χ1n) is 11.9. The maximum Gasteiger partial charge on any atom is 0.242 e. The Morgan fingerprint density at radius 2 is 1.84 bits per heavy atom. The molecule has 1 N–H and O–H groups in total. The molecule has 4 rings (SSSR count). The molecule has 0 spiro atoms. The number of benzene rings is 3. The second-order valence-corrected chi connectivity index (χ2v) is 9.77. The Hall–Kier alpha value is -3.33. The van der Waals surface area contributed by atoms with E-state index < -0.39 is 5.25 Å². The number of methoxy groups -OCH3 is 1. The number of hydrogen-bond acceptors (Lipinski definition) is 6. The Balaban J connectivity index is 1.69. The molecule has 0 aliphatic heterocycles. The Morgan fingerprint density at radius 1 is 1.08 bits per heavy atom. The summed E-state index contributed by atoms with van der Waals surface area (Å²) in [5, 5.41) is 12.7. The standard InChI is InChI=1S/C28H29ClN4O3S/c1-4-36-17-16-33-26(21-11-13-22(29)14-12-21)31-32-28(33)37-25(20-8-6-5-7-9-20)27(34)30-23-18-19(2)10-15-24(23)35-3/h5-15,18,25H,4,16-17H2,1-3H3,(H,30,34)/t25-/m1/s1. The zero-order chi connectivity index (χ0) is 26.2. The molecule has 9 heteroatoms. The van der Waals surface area contributed by atoms with E-state index in [1.165, 1.54) is 11.8 Å². The molecule has 0 saturated carbocycles. The van der Waals surface area contributed by atoms with Crippen molar-refractivity contribution >= 4 is 35.0 Å². The summed E-state index contributed by atoms with van der Waals surface area (Å²) < 4.78 is 13.1. The topological polar surface area (TPSA) is 78.3 Å². The van der Waals surface area contributed by atoms with Gasteiger partial charge in [0.1, 0.15) is 11.0 Å². The molecular formula is C28H29ClN4O3S. The molecule has 1 amide bonds. The van der Waals surface area contributed by atoms with Crippen LogP contribution in [-0.2, 0) is 16.1 Å². The van der Waals surface area contributed by atoms with E-state index in [9.17, 15) is 4.79 Å². The number of anilines is 1. The average molecular weight is 537 g/mol. The minimum atomic E-state index is -0.584. The van der Waals surface area contributed by atoms with Gasteiger partial charge in [0.05, 0.1) is 25.9 Å². The molecule has 0 fully saturated rings. The first-order valence-corrected chi connectivity index (χ1v) is 13.2. The van der Waals surface area contributed by atoms with Gasteiger partial charge in [-0.1, -0.05) is 59.8 Å². The number of ether oxygens (including phenoxy) is 2. The number of nitrogens with one attached hydrogen (secondary N) is 1. The zero-order valence-corrected chi connectivity index (χ0v) is 22.6. The first kappa shape index (κ1) is 26.7. The maximum atomic E-state index is 13.7. The number of aryl methyl sites for hydroxylation is 1. The van der Waals surface area contributed by atoms with Gasteiger partial charge in [-0.2, -0.15) is 0 Å². The van der Waals surface area contributed by atoms with E-state index in [0.29, 0.717) is 47.2 Å². The van der Waals surface area contributed by atoms with Crippen LogP contribution in [0.1, 0.15) is 23.3 Å². The minimum Gasteiger partial charge on any atom is -0.495 e. The summed E-state index contributed by atoms with van der Waals surface area (Å²) in [6.07, 6.45) is 0. The van der Waals surface area contributed by atoms with E-state index in [0.717, 1.165) is 16.7 Å². The predicted molar refractivity (Wildman–Crippen MR) is 148 cm³/mol. The van der Waals surface area contributed by atoms with E-state index in [1.54, 1.807) is 7.11 Å². The van der Waals surface area contributed by atoms with Gasteiger partial charge in [-0.3, -0.25) is 9.36 Å². The van der Waals surface area contributed by atoms with Gasteiger partial charge >= 0.3 is 0 Å². The van der Waals surface area contributed by atoms with Crippen LogP contribution in [0, 0.1) is 6.92 Å². The molecule has 0 saturated heterocycles. The molecular weight excluding hydrogens is 508 g/mol. The number of carbonyl (C=O) groups is 1. The number of halogens is 1. The van der Waals surface area contributed by atoms with Crippen LogP contribution < -0.4 is 10.1 Å². The SMILES string of the molecule is CCOCCn1c(S[C@@H](C(=O)Nc2cc(C)ccc2OC)c2ccccc2)nnc1-c1ccc(Cl)cc1. The zero-order valence-electron chi connectivity index (χ0n) is 21.0. The number of hydrogen-bond donors (Lipinski definition) is 1. The molecule has 4 aromatic rings. The van der Waals surface area contributed by atoms with Crippen molar-refractivity contribution in [3.05, 3.63) is 88.9 Å². The third kappa shape index (κ3) is 6.71. The largest absolute Gasteiger partial charge is 0.495 e. The Labute approximate surface area is 226 Å². The lowest BCUT2D eigenvalue weighted by atomic mass is 10.1. The monoisotopic (exact) mass is 536 g/mol. The van der Waals surface area contributed by atoms with Crippen LogP contribution in [0.25, 0.3) is 11.4 Å². The highest BCUT2D eigenvalue weighted by atomic mass is 35.5. The summed E-state index contributed by atoms with van der Waals surface area (Å²) in [6.45, 7) is 5.56. The average Bonchev–Trinajstić information content (AvgIpc) is 3.30. The van der Waals surface area contributed by atoms with Gasteiger partial charge in [-0.15, -0.1) is 10.2 Å². The van der Waals surface area contributed by atoms with E-state index >= 15 is 0 Å². The van der Waals surface area contributed by atoms with Crippen LogP contribution in [0.15, 0.2) is 78.0 Å². The fourth-order valence-electron chi connectivity index (χ4n) is 3.81. The van der Waals surface area contributed by atoms with Crippen molar-refractivity contribution in [1.29, 1.82) is 0 Å². The molecule has 0 bridgehead atoms. The van der Waals surface area contributed by atoms with E-state index in [2.05, 4.69) is 15.5 Å². The number of aromatic nitrogens is 3. The van der Waals surface area contributed by atoms with Crippen molar-refractivity contribution in [3.63, 3.8) is 0 Å². The molecule has 1 heterocycles. The van der Waals surface area contributed by atoms with Crippen molar-refractivity contribution in [1.82, 2.24) is 14.8 Å². The highest BCUT2D eigenvalue weighted by molar-refractivity contribution is 8.00. The van der Waals surface area contributed by atoms with Crippen LogP contribution in [0.2, 0.25) is 5.02 Å². The summed E-state index contributed by atoms with van der Waals surface area (Å²) in [5.74, 6) is 1.10. The number of thioether (sulfide) groups is 1. The Morgan fingerprint density at radius 3 is 2.54 bits per heavy atom. The van der Waals surface area contributed by atoms with E-state index in [4.69, 9.17) is 21.1 Å². The maximum absolute atomic E-state index is 13.7. The number of rotatable bonds is 11. The van der Waals surface area contributed by atoms with Gasteiger partial charge in [-0.05, 0) is 61.4 Å².